The number of aromatic nitrogens is 2. The van der Waals surface area contributed by atoms with Crippen LogP contribution in [0.5, 0.6) is 0 Å². The lowest BCUT2D eigenvalue weighted by atomic mass is 10.1. The third-order valence-electron chi connectivity index (χ3n) is 4.54. The molecule has 144 valence electrons. The highest BCUT2D eigenvalue weighted by molar-refractivity contribution is 5.94. The van der Waals surface area contributed by atoms with E-state index in [0.29, 0.717) is 25.0 Å². The standard InChI is InChI=1S/C19H15F3N4O2/c20-14-7-6-13(15(21)16(14)22)18(27)25-8-10-26(11-9-25)19-24-23-17(28-19)12-4-2-1-3-5-12/h1-7H,8-11H2. The molecule has 1 aliphatic heterocycles. The number of piperazine rings is 1. The van der Waals surface area contributed by atoms with E-state index in [1.807, 2.05) is 35.2 Å². The van der Waals surface area contributed by atoms with E-state index >= 15 is 0 Å². The number of rotatable bonds is 3. The first-order valence-corrected chi connectivity index (χ1v) is 8.61. The van der Waals surface area contributed by atoms with Crippen LogP contribution in [-0.2, 0) is 0 Å². The predicted molar refractivity (Wildman–Crippen MR) is 94.2 cm³/mol. The van der Waals surface area contributed by atoms with Gasteiger partial charge in [-0.1, -0.05) is 23.3 Å². The predicted octanol–water partition coefficient (Wildman–Crippen LogP) is 3.12. The molecule has 6 nitrogen and oxygen atoms in total. The molecule has 3 aromatic rings. The van der Waals surface area contributed by atoms with Crippen molar-refractivity contribution in [3.05, 3.63) is 65.5 Å². The second-order valence-corrected chi connectivity index (χ2v) is 6.26. The molecule has 28 heavy (non-hydrogen) atoms. The van der Waals surface area contributed by atoms with Crippen LogP contribution in [0.1, 0.15) is 10.4 Å². The molecule has 0 bridgehead atoms. The third kappa shape index (κ3) is 3.30. The van der Waals surface area contributed by atoms with Crippen LogP contribution in [0, 0.1) is 17.5 Å². The summed E-state index contributed by atoms with van der Waals surface area (Å²) in [4.78, 5) is 15.6. The quantitative estimate of drug-likeness (QED) is 0.646. The number of hydrogen-bond acceptors (Lipinski definition) is 5. The summed E-state index contributed by atoms with van der Waals surface area (Å²) in [6, 6.07) is 11.3. The number of anilines is 1. The summed E-state index contributed by atoms with van der Waals surface area (Å²) in [5.41, 5.74) is 0.306. The molecular weight excluding hydrogens is 373 g/mol. The molecule has 0 unspecified atom stereocenters. The van der Waals surface area contributed by atoms with Crippen molar-refractivity contribution in [1.29, 1.82) is 0 Å². The number of amides is 1. The molecule has 2 aromatic carbocycles. The van der Waals surface area contributed by atoms with E-state index in [2.05, 4.69) is 10.2 Å². The van der Waals surface area contributed by atoms with Gasteiger partial charge in [-0.2, -0.15) is 0 Å². The van der Waals surface area contributed by atoms with Crippen molar-refractivity contribution in [2.75, 3.05) is 31.1 Å². The van der Waals surface area contributed by atoms with Crippen LogP contribution >= 0.6 is 0 Å². The van der Waals surface area contributed by atoms with Gasteiger partial charge in [-0.15, -0.1) is 5.10 Å². The summed E-state index contributed by atoms with van der Waals surface area (Å²) in [7, 11) is 0. The van der Waals surface area contributed by atoms with E-state index in [-0.39, 0.29) is 13.1 Å². The summed E-state index contributed by atoms with van der Waals surface area (Å²) < 4.78 is 46.0. The lowest BCUT2D eigenvalue weighted by molar-refractivity contribution is 0.0739. The van der Waals surface area contributed by atoms with Gasteiger partial charge >= 0.3 is 6.01 Å². The minimum absolute atomic E-state index is 0.250. The number of hydrogen-bond donors (Lipinski definition) is 0. The molecular formula is C19H15F3N4O2. The molecule has 4 rings (SSSR count). The van der Waals surface area contributed by atoms with Crippen LogP contribution in [0.2, 0.25) is 0 Å². The normalized spacial score (nSPS) is 14.4. The van der Waals surface area contributed by atoms with Crippen molar-refractivity contribution >= 4 is 11.9 Å². The Labute approximate surface area is 158 Å². The van der Waals surface area contributed by atoms with Gasteiger partial charge in [0.1, 0.15) is 0 Å². The number of carbonyl (C=O) groups excluding carboxylic acids is 1. The molecule has 0 saturated carbocycles. The van der Waals surface area contributed by atoms with Gasteiger partial charge < -0.3 is 14.2 Å². The molecule has 2 heterocycles. The summed E-state index contributed by atoms with van der Waals surface area (Å²) in [6.07, 6.45) is 0. The van der Waals surface area contributed by atoms with Gasteiger partial charge in [0.25, 0.3) is 5.91 Å². The van der Waals surface area contributed by atoms with Gasteiger partial charge in [0.05, 0.1) is 5.56 Å². The number of carbonyl (C=O) groups is 1. The molecule has 1 aliphatic rings. The fraction of sp³-hybridized carbons (Fsp3) is 0.211. The zero-order valence-electron chi connectivity index (χ0n) is 14.6. The molecule has 0 radical (unpaired) electrons. The van der Waals surface area contributed by atoms with E-state index < -0.39 is 28.9 Å². The van der Waals surface area contributed by atoms with E-state index in [4.69, 9.17) is 4.42 Å². The van der Waals surface area contributed by atoms with Crippen molar-refractivity contribution in [2.24, 2.45) is 0 Å². The van der Waals surface area contributed by atoms with Crippen LogP contribution in [0.3, 0.4) is 0 Å². The average Bonchev–Trinajstić information content (AvgIpc) is 3.23. The van der Waals surface area contributed by atoms with Gasteiger partial charge in [-0.3, -0.25) is 4.79 Å². The Hall–Kier alpha value is -3.36. The topological polar surface area (TPSA) is 62.5 Å². The summed E-state index contributed by atoms with van der Waals surface area (Å²) in [6.45, 7) is 1.27. The zero-order valence-corrected chi connectivity index (χ0v) is 14.6. The smallest absolute Gasteiger partial charge is 0.318 e. The number of halogens is 3. The monoisotopic (exact) mass is 388 g/mol. The van der Waals surface area contributed by atoms with Gasteiger partial charge in [0, 0.05) is 31.7 Å². The third-order valence-corrected chi connectivity index (χ3v) is 4.54. The maximum Gasteiger partial charge on any atom is 0.318 e. The molecule has 0 spiro atoms. The van der Waals surface area contributed by atoms with Gasteiger partial charge in [0.15, 0.2) is 17.5 Å². The number of nitrogens with zero attached hydrogens (tertiary/aromatic N) is 4. The largest absolute Gasteiger partial charge is 0.403 e. The van der Waals surface area contributed by atoms with E-state index in [9.17, 15) is 18.0 Å². The van der Waals surface area contributed by atoms with Gasteiger partial charge in [-0.25, -0.2) is 13.2 Å². The Morgan fingerprint density at radius 1 is 0.893 bits per heavy atom. The van der Waals surface area contributed by atoms with Crippen molar-refractivity contribution < 1.29 is 22.4 Å². The fourth-order valence-corrected chi connectivity index (χ4v) is 3.00. The maximum absolute atomic E-state index is 13.9. The summed E-state index contributed by atoms with van der Waals surface area (Å²) in [5, 5.41) is 8.06. The molecule has 9 heteroatoms. The van der Waals surface area contributed by atoms with Crippen LogP contribution < -0.4 is 4.90 Å². The van der Waals surface area contributed by atoms with Gasteiger partial charge in [-0.05, 0) is 24.3 Å². The molecule has 1 saturated heterocycles. The second kappa shape index (κ2) is 7.34. The first-order chi connectivity index (χ1) is 13.5. The summed E-state index contributed by atoms with van der Waals surface area (Å²) >= 11 is 0. The van der Waals surface area contributed by atoms with E-state index in [0.717, 1.165) is 17.7 Å². The highest BCUT2D eigenvalue weighted by Crippen LogP contribution is 2.23. The highest BCUT2D eigenvalue weighted by atomic mass is 19.2. The van der Waals surface area contributed by atoms with E-state index in [1.54, 1.807) is 0 Å². The Balaban J connectivity index is 1.43. The fourth-order valence-electron chi connectivity index (χ4n) is 3.00. The van der Waals surface area contributed by atoms with Crippen molar-refractivity contribution in [3.8, 4) is 11.5 Å². The lowest BCUT2D eigenvalue weighted by Gasteiger charge is -2.33. The first kappa shape index (κ1) is 18.0. The molecule has 1 fully saturated rings. The molecule has 0 aliphatic carbocycles. The minimum Gasteiger partial charge on any atom is -0.403 e. The van der Waals surface area contributed by atoms with E-state index in [1.165, 1.54) is 4.90 Å². The Morgan fingerprint density at radius 2 is 1.61 bits per heavy atom. The Bertz CT molecular complexity index is 1000. The lowest BCUT2D eigenvalue weighted by Crippen LogP contribution is -2.49. The average molecular weight is 388 g/mol. The number of benzene rings is 2. The van der Waals surface area contributed by atoms with Crippen LogP contribution in [0.4, 0.5) is 19.2 Å². The Kier molecular flexibility index (Phi) is 4.72. The van der Waals surface area contributed by atoms with Gasteiger partial charge in [0.2, 0.25) is 5.89 Å². The molecule has 0 N–H and O–H groups in total. The zero-order chi connectivity index (χ0) is 19.7. The molecule has 0 atom stereocenters. The van der Waals surface area contributed by atoms with Crippen molar-refractivity contribution in [3.63, 3.8) is 0 Å². The maximum atomic E-state index is 13.9. The van der Waals surface area contributed by atoms with Crippen LogP contribution in [0.25, 0.3) is 11.5 Å². The van der Waals surface area contributed by atoms with Crippen molar-refractivity contribution in [1.82, 2.24) is 15.1 Å². The first-order valence-electron chi connectivity index (χ1n) is 8.61. The Morgan fingerprint density at radius 3 is 2.32 bits per heavy atom. The summed E-state index contributed by atoms with van der Waals surface area (Å²) in [5.74, 6) is -4.75. The minimum atomic E-state index is -1.65. The van der Waals surface area contributed by atoms with Crippen molar-refractivity contribution in [2.45, 2.75) is 0 Å². The molecule has 1 amide bonds. The second-order valence-electron chi connectivity index (χ2n) is 6.26. The highest BCUT2D eigenvalue weighted by Gasteiger charge is 2.28. The molecule has 1 aromatic heterocycles. The SMILES string of the molecule is O=C(c1ccc(F)c(F)c1F)N1CCN(c2nnc(-c3ccccc3)o2)CC1. The van der Waals surface area contributed by atoms with Crippen LogP contribution in [0.15, 0.2) is 46.9 Å². The van der Waals surface area contributed by atoms with Crippen LogP contribution in [-0.4, -0.2) is 47.2 Å².